The van der Waals surface area contributed by atoms with Gasteiger partial charge in [0.05, 0.1) is 19.4 Å². The highest BCUT2D eigenvalue weighted by atomic mass is 31.2. The van der Waals surface area contributed by atoms with Crippen LogP contribution in [0.15, 0.2) is 12.1 Å². The molecular weight excluding hydrogens is 467 g/mol. The van der Waals surface area contributed by atoms with Crippen molar-refractivity contribution in [3.63, 3.8) is 0 Å². The fourth-order valence-corrected chi connectivity index (χ4v) is 6.01. The lowest BCUT2D eigenvalue weighted by molar-refractivity contribution is 0.128. The first-order chi connectivity index (χ1) is 17.0. The van der Waals surface area contributed by atoms with Crippen molar-refractivity contribution in [2.24, 2.45) is 0 Å². The number of unbranched alkanes of at least 4 members (excludes halogenated alkanes) is 10. The second-order valence-corrected chi connectivity index (χ2v) is 13.7. The van der Waals surface area contributed by atoms with Crippen LogP contribution in [0.3, 0.4) is 0 Å². The van der Waals surface area contributed by atoms with Crippen molar-refractivity contribution in [3.8, 4) is 5.75 Å². The predicted octanol–water partition coefficient (Wildman–Crippen LogP) is 10.7. The molecule has 0 aliphatic rings. The minimum absolute atomic E-state index is 0.255. The zero-order chi connectivity index (χ0) is 27.0. The fraction of sp³-hybridized carbons (Fsp3) is 0.806. The molecular formula is C31H57O4P. The van der Waals surface area contributed by atoms with Crippen molar-refractivity contribution >= 4 is 7.60 Å². The molecule has 36 heavy (non-hydrogen) atoms. The molecule has 1 aromatic carbocycles. The molecule has 0 fully saturated rings. The zero-order valence-electron chi connectivity index (χ0n) is 24.9. The Bertz CT molecular complexity index is 745. The molecule has 0 aromatic heterocycles. The van der Waals surface area contributed by atoms with Gasteiger partial charge in [0, 0.05) is 5.56 Å². The molecule has 0 aliphatic heterocycles. The molecule has 0 saturated heterocycles. The van der Waals surface area contributed by atoms with Crippen LogP contribution in [0.4, 0.5) is 0 Å². The van der Waals surface area contributed by atoms with Gasteiger partial charge >= 0.3 is 7.60 Å². The number of ether oxygens (including phenoxy) is 1. The summed E-state index contributed by atoms with van der Waals surface area (Å²) in [5.74, 6) is 1.19. The molecule has 0 heterocycles. The summed E-state index contributed by atoms with van der Waals surface area (Å²) < 4.78 is 32.6. The van der Waals surface area contributed by atoms with Crippen LogP contribution in [0.1, 0.15) is 148 Å². The van der Waals surface area contributed by atoms with Crippen molar-refractivity contribution in [3.05, 3.63) is 28.8 Å². The highest BCUT2D eigenvalue weighted by Gasteiger charge is 2.29. The number of hydrogen-bond donors (Lipinski definition) is 0. The lowest BCUT2D eigenvalue weighted by atomic mass is 9.97. The molecule has 0 amide bonds. The third kappa shape index (κ3) is 14.2. The number of benzene rings is 1. The normalized spacial score (nSPS) is 12.5. The van der Waals surface area contributed by atoms with Gasteiger partial charge in [0.15, 0.2) is 0 Å². The summed E-state index contributed by atoms with van der Waals surface area (Å²) in [6.45, 7) is 18.0. The summed E-state index contributed by atoms with van der Waals surface area (Å²) >= 11 is 0. The molecule has 0 N–H and O–H groups in total. The largest absolute Gasteiger partial charge is 0.488 e. The highest BCUT2D eigenvalue weighted by Crippen LogP contribution is 2.53. The van der Waals surface area contributed by atoms with Gasteiger partial charge in [-0.2, -0.15) is 0 Å². The van der Waals surface area contributed by atoms with Gasteiger partial charge in [0.1, 0.15) is 11.4 Å². The second-order valence-electron chi connectivity index (χ2n) is 11.7. The lowest BCUT2D eigenvalue weighted by Crippen LogP contribution is -2.24. The van der Waals surface area contributed by atoms with E-state index in [0.29, 0.717) is 19.1 Å². The quantitative estimate of drug-likeness (QED) is 0.126. The van der Waals surface area contributed by atoms with Crippen LogP contribution in [0.5, 0.6) is 5.75 Å². The molecule has 1 aromatic rings. The number of aryl methyl sites for hydroxylation is 1. The Morgan fingerprint density at radius 1 is 0.778 bits per heavy atom. The Morgan fingerprint density at radius 3 is 1.69 bits per heavy atom. The Labute approximate surface area is 223 Å². The van der Waals surface area contributed by atoms with Gasteiger partial charge in [-0.1, -0.05) is 104 Å². The van der Waals surface area contributed by atoms with Gasteiger partial charge < -0.3 is 13.8 Å². The van der Waals surface area contributed by atoms with E-state index in [1.807, 2.05) is 0 Å². The van der Waals surface area contributed by atoms with Gasteiger partial charge in [-0.05, 0) is 57.6 Å². The van der Waals surface area contributed by atoms with Crippen molar-refractivity contribution in [2.45, 2.75) is 150 Å². The molecule has 1 rings (SSSR count). The predicted molar refractivity (Wildman–Crippen MR) is 156 cm³/mol. The third-order valence-corrected chi connectivity index (χ3v) is 8.26. The zero-order valence-corrected chi connectivity index (χ0v) is 25.8. The molecule has 0 bridgehead atoms. The van der Waals surface area contributed by atoms with Gasteiger partial charge in [-0.3, -0.25) is 4.57 Å². The molecule has 0 radical (unpaired) electrons. The molecule has 0 spiro atoms. The van der Waals surface area contributed by atoms with Crippen LogP contribution in [0, 0.1) is 6.92 Å². The van der Waals surface area contributed by atoms with E-state index in [2.05, 4.69) is 67.5 Å². The van der Waals surface area contributed by atoms with Crippen LogP contribution in [0.25, 0.3) is 0 Å². The summed E-state index contributed by atoms with van der Waals surface area (Å²) in [5.41, 5.74) is 2.89. The molecule has 0 saturated carbocycles. The van der Waals surface area contributed by atoms with E-state index in [4.69, 9.17) is 13.8 Å². The molecule has 0 aliphatic carbocycles. The Morgan fingerprint density at radius 2 is 1.25 bits per heavy atom. The van der Waals surface area contributed by atoms with Crippen molar-refractivity contribution in [1.82, 2.24) is 0 Å². The van der Waals surface area contributed by atoms with Gasteiger partial charge in [-0.25, -0.2) is 0 Å². The van der Waals surface area contributed by atoms with E-state index in [-0.39, 0.29) is 11.8 Å². The standard InChI is InChI=1S/C31H57O4P/c1-9-11-13-15-17-19-21-33-36(32,34-22-20-18-16-14-12-10-2)25-29-24-28(26(3)4)23-27(5)30(29)35-31(6,7)8/h23-24,26H,9-22,25H2,1-8H3. The third-order valence-electron chi connectivity index (χ3n) is 6.38. The van der Waals surface area contributed by atoms with E-state index < -0.39 is 7.60 Å². The second kappa shape index (κ2) is 17.6. The van der Waals surface area contributed by atoms with Crippen LogP contribution < -0.4 is 4.74 Å². The van der Waals surface area contributed by atoms with E-state index >= 15 is 0 Å². The molecule has 5 heteroatoms. The minimum Gasteiger partial charge on any atom is -0.488 e. The molecule has 210 valence electrons. The van der Waals surface area contributed by atoms with E-state index in [1.165, 1.54) is 56.9 Å². The first-order valence-corrected chi connectivity index (χ1v) is 16.4. The smallest absolute Gasteiger partial charge is 0.335 e. The average molecular weight is 525 g/mol. The van der Waals surface area contributed by atoms with E-state index in [0.717, 1.165) is 42.6 Å². The highest BCUT2D eigenvalue weighted by molar-refractivity contribution is 7.53. The van der Waals surface area contributed by atoms with Crippen molar-refractivity contribution in [2.75, 3.05) is 13.2 Å². The first-order valence-electron chi connectivity index (χ1n) is 14.7. The molecule has 0 unspecified atom stereocenters. The molecule has 0 atom stereocenters. The first kappa shape index (κ1) is 33.2. The Balaban J connectivity index is 2.99. The van der Waals surface area contributed by atoms with Crippen molar-refractivity contribution < 1.29 is 18.3 Å². The minimum atomic E-state index is -3.31. The van der Waals surface area contributed by atoms with E-state index in [1.54, 1.807) is 0 Å². The van der Waals surface area contributed by atoms with Crippen LogP contribution in [0.2, 0.25) is 0 Å². The topological polar surface area (TPSA) is 44.8 Å². The Hall–Kier alpha value is -0.830. The summed E-state index contributed by atoms with van der Waals surface area (Å²) in [4.78, 5) is 0. The van der Waals surface area contributed by atoms with Gasteiger partial charge in [-0.15, -0.1) is 0 Å². The van der Waals surface area contributed by atoms with Crippen LogP contribution in [-0.2, 0) is 19.8 Å². The van der Waals surface area contributed by atoms with Crippen LogP contribution >= 0.6 is 7.60 Å². The maximum Gasteiger partial charge on any atom is 0.335 e. The summed E-state index contributed by atoms with van der Waals surface area (Å²) in [6.07, 6.45) is 14.3. The van der Waals surface area contributed by atoms with Gasteiger partial charge in [0.25, 0.3) is 0 Å². The fourth-order valence-electron chi connectivity index (χ4n) is 4.29. The molecule has 4 nitrogen and oxygen atoms in total. The Kier molecular flexibility index (Phi) is 16.3. The average Bonchev–Trinajstić information content (AvgIpc) is 2.79. The SMILES string of the molecule is CCCCCCCCOP(=O)(Cc1cc(C(C)C)cc(C)c1OC(C)(C)C)OCCCCCCCC. The van der Waals surface area contributed by atoms with Gasteiger partial charge in [0.2, 0.25) is 0 Å². The van der Waals surface area contributed by atoms with Crippen LogP contribution in [-0.4, -0.2) is 18.8 Å². The monoisotopic (exact) mass is 524 g/mol. The van der Waals surface area contributed by atoms with E-state index in [9.17, 15) is 4.57 Å². The maximum absolute atomic E-state index is 14.1. The maximum atomic E-state index is 14.1. The summed E-state index contributed by atoms with van der Waals surface area (Å²) in [5, 5.41) is 0. The number of hydrogen-bond acceptors (Lipinski definition) is 4. The summed E-state index contributed by atoms with van der Waals surface area (Å²) in [6, 6.07) is 4.34. The summed E-state index contributed by atoms with van der Waals surface area (Å²) in [7, 11) is -3.31. The lowest BCUT2D eigenvalue weighted by Gasteiger charge is -2.27. The number of rotatable bonds is 20. The van der Waals surface area contributed by atoms with Crippen molar-refractivity contribution in [1.29, 1.82) is 0 Å².